The molecule has 0 unspecified atom stereocenters. The van der Waals surface area contributed by atoms with Gasteiger partial charge in [-0.05, 0) is 73.1 Å². The van der Waals surface area contributed by atoms with Gasteiger partial charge in [-0.25, -0.2) is 0 Å². The molecule has 0 bridgehead atoms. The predicted molar refractivity (Wildman–Crippen MR) is 111 cm³/mol. The molecular weight excluding hydrogens is 346 g/mol. The van der Waals surface area contributed by atoms with Crippen molar-refractivity contribution in [3.8, 4) is 5.69 Å². The molecule has 0 saturated heterocycles. The van der Waals surface area contributed by atoms with E-state index < -0.39 is 0 Å². The zero-order valence-corrected chi connectivity index (χ0v) is 17.0. The minimum atomic E-state index is -0.205. The van der Waals surface area contributed by atoms with Gasteiger partial charge in [-0.2, -0.15) is 4.68 Å². The van der Waals surface area contributed by atoms with Crippen molar-refractivity contribution >= 4 is 0 Å². The van der Waals surface area contributed by atoms with Crippen molar-refractivity contribution in [3.63, 3.8) is 0 Å². The molecule has 0 aliphatic heterocycles. The molecular formula is C23H29N5. The van der Waals surface area contributed by atoms with E-state index in [2.05, 4.69) is 90.1 Å². The van der Waals surface area contributed by atoms with Gasteiger partial charge in [-0.1, -0.05) is 55.0 Å². The molecule has 1 aromatic heterocycles. The summed E-state index contributed by atoms with van der Waals surface area (Å²) in [6, 6.07) is 17.0. The molecule has 146 valence electrons. The molecule has 1 fully saturated rings. The number of nitrogens with one attached hydrogen (secondary N) is 1. The van der Waals surface area contributed by atoms with Crippen LogP contribution in [0.2, 0.25) is 0 Å². The molecule has 0 spiro atoms. The lowest BCUT2D eigenvalue weighted by atomic mass is 9.76. The van der Waals surface area contributed by atoms with E-state index in [9.17, 15) is 0 Å². The summed E-state index contributed by atoms with van der Waals surface area (Å²) < 4.78 is 1.95. The van der Waals surface area contributed by atoms with E-state index in [1.54, 1.807) is 0 Å². The Labute approximate surface area is 167 Å². The summed E-state index contributed by atoms with van der Waals surface area (Å²) in [5.74, 6) is 1.68. The molecule has 2 aromatic carbocycles. The summed E-state index contributed by atoms with van der Waals surface area (Å²) in [6.07, 6.45) is 4.46. The Morgan fingerprint density at radius 1 is 1.07 bits per heavy atom. The highest BCUT2D eigenvalue weighted by atomic mass is 15.6. The molecule has 3 aromatic rings. The van der Waals surface area contributed by atoms with Gasteiger partial charge in [0.05, 0.1) is 11.2 Å². The molecule has 1 heterocycles. The van der Waals surface area contributed by atoms with Gasteiger partial charge >= 0.3 is 0 Å². The molecule has 4 rings (SSSR count). The second-order valence-electron chi connectivity index (χ2n) is 8.31. The molecule has 0 atom stereocenters. The first-order chi connectivity index (χ1) is 13.6. The smallest absolute Gasteiger partial charge is 0.176 e. The quantitative estimate of drug-likeness (QED) is 0.715. The maximum atomic E-state index is 4.53. The fourth-order valence-electron chi connectivity index (χ4n) is 4.29. The summed E-state index contributed by atoms with van der Waals surface area (Å²) in [5.41, 5.74) is 4.58. The maximum absolute atomic E-state index is 4.53. The average Bonchev–Trinajstić information content (AvgIpc) is 3.19. The van der Waals surface area contributed by atoms with Gasteiger partial charge in [0, 0.05) is 6.54 Å². The first-order valence-corrected chi connectivity index (χ1v) is 10.2. The highest BCUT2D eigenvalue weighted by molar-refractivity contribution is 5.42. The van der Waals surface area contributed by atoms with Crippen molar-refractivity contribution in [2.45, 2.75) is 58.5 Å². The van der Waals surface area contributed by atoms with Gasteiger partial charge in [-0.3, -0.25) is 0 Å². The molecule has 5 nitrogen and oxygen atoms in total. The minimum absolute atomic E-state index is 0.205. The molecule has 1 saturated carbocycles. The Bertz CT molecular complexity index is 923. The highest BCUT2D eigenvalue weighted by Gasteiger charge is 2.40. The van der Waals surface area contributed by atoms with Crippen LogP contribution in [0, 0.1) is 19.8 Å². The number of hydrogen-bond donors (Lipinski definition) is 1. The number of aryl methyl sites for hydroxylation is 2. The average molecular weight is 376 g/mol. The standard InChI is InChI=1S/C23H29N5/c1-17-11-13-23(14-12-17,24-16-20-7-5-4-6-8-20)22-25-26-27-28(22)21-10-9-18(2)15-19(21)3/h4-10,15,17,24H,11-14,16H2,1-3H3. The lowest BCUT2D eigenvalue weighted by molar-refractivity contribution is 0.180. The maximum Gasteiger partial charge on any atom is 0.176 e. The molecule has 1 aliphatic carbocycles. The van der Waals surface area contributed by atoms with Crippen molar-refractivity contribution in [1.82, 2.24) is 25.5 Å². The normalized spacial score (nSPS) is 22.3. The largest absolute Gasteiger partial charge is 0.301 e. The Morgan fingerprint density at radius 2 is 1.82 bits per heavy atom. The summed E-state index contributed by atoms with van der Waals surface area (Å²) in [5, 5.41) is 16.8. The van der Waals surface area contributed by atoms with Crippen molar-refractivity contribution in [1.29, 1.82) is 0 Å². The Morgan fingerprint density at radius 3 is 2.54 bits per heavy atom. The lowest BCUT2D eigenvalue weighted by Gasteiger charge is -2.39. The summed E-state index contributed by atoms with van der Waals surface area (Å²) in [7, 11) is 0. The lowest BCUT2D eigenvalue weighted by Crippen LogP contribution is -2.46. The van der Waals surface area contributed by atoms with Gasteiger partial charge < -0.3 is 5.32 Å². The van der Waals surface area contributed by atoms with E-state index in [-0.39, 0.29) is 5.54 Å². The zero-order chi connectivity index (χ0) is 19.6. The van der Waals surface area contributed by atoms with Crippen molar-refractivity contribution in [3.05, 3.63) is 71.0 Å². The minimum Gasteiger partial charge on any atom is -0.301 e. The van der Waals surface area contributed by atoms with Gasteiger partial charge in [0.15, 0.2) is 5.82 Å². The van der Waals surface area contributed by atoms with Crippen LogP contribution in [-0.2, 0) is 12.1 Å². The first-order valence-electron chi connectivity index (χ1n) is 10.2. The van der Waals surface area contributed by atoms with E-state index in [0.717, 1.165) is 36.8 Å². The third kappa shape index (κ3) is 3.72. The van der Waals surface area contributed by atoms with Crippen LogP contribution in [0.1, 0.15) is 55.1 Å². The number of hydrogen-bond acceptors (Lipinski definition) is 4. The van der Waals surface area contributed by atoms with Crippen molar-refractivity contribution in [2.75, 3.05) is 0 Å². The van der Waals surface area contributed by atoms with Crippen LogP contribution in [-0.4, -0.2) is 20.2 Å². The monoisotopic (exact) mass is 375 g/mol. The molecule has 1 N–H and O–H groups in total. The van der Waals surface area contributed by atoms with Crippen molar-refractivity contribution < 1.29 is 0 Å². The summed E-state index contributed by atoms with van der Waals surface area (Å²) in [4.78, 5) is 0. The van der Waals surface area contributed by atoms with E-state index in [0.29, 0.717) is 0 Å². The van der Waals surface area contributed by atoms with Crippen LogP contribution in [0.5, 0.6) is 0 Å². The number of nitrogens with zero attached hydrogens (tertiary/aromatic N) is 4. The van der Waals surface area contributed by atoms with Crippen LogP contribution in [0.15, 0.2) is 48.5 Å². The van der Waals surface area contributed by atoms with Gasteiger partial charge in [0.2, 0.25) is 0 Å². The Kier molecular flexibility index (Phi) is 5.27. The molecule has 28 heavy (non-hydrogen) atoms. The third-order valence-corrected chi connectivity index (χ3v) is 6.08. The SMILES string of the molecule is Cc1ccc(-n2nnnc2C2(NCc3ccccc3)CCC(C)CC2)c(C)c1. The summed E-state index contributed by atoms with van der Waals surface area (Å²) >= 11 is 0. The number of benzene rings is 2. The summed E-state index contributed by atoms with van der Waals surface area (Å²) in [6.45, 7) is 7.40. The molecule has 1 aliphatic rings. The van der Waals surface area contributed by atoms with Crippen LogP contribution in [0.3, 0.4) is 0 Å². The van der Waals surface area contributed by atoms with Gasteiger partial charge in [0.25, 0.3) is 0 Å². The van der Waals surface area contributed by atoms with Crippen LogP contribution in [0.4, 0.5) is 0 Å². The zero-order valence-electron chi connectivity index (χ0n) is 17.0. The Hall–Kier alpha value is -2.53. The highest BCUT2D eigenvalue weighted by Crippen LogP contribution is 2.39. The van der Waals surface area contributed by atoms with E-state index in [4.69, 9.17) is 0 Å². The fourth-order valence-corrected chi connectivity index (χ4v) is 4.29. The first kappa shape index (κ1) is 18.8. The second-order valence-corrected chi connectivity index (χ2v) is 8.31. The molecule has 5 heteroatoms. The van der Waals surface area contributed by atoms with E-state index in [1.807, 2.05) is 4.68 Å². The van der Waals surface area contributed by atoms with Gasteiger partial charge in [-0.15, -0.1) is 5.10 Å². The number of rotatable bonds is 5. The third-order valence-electron chi connectivity index (χ3n) is 6.08. The van der Waals surface area contributed by atoms with Crippen molar-refractivity contribution in [2.24, 2.45) is 5.92 Å². The van der Waals surface area contributed by atoms with Crippen LogP contribution in [0.25, 0.3) is 5.69 Å². The van der Waals surface area contributed by atoms with Crippen LogP contribution >= 0.6 is 0 Å². The van der Waals surface area contributed by atoms with Gasteiger partial charge in [0.1, 0.15) is 0 Å². The Balaban J connectivity index is 1.70. The molecule has 0 amide bonds. The number of aromatic nitrogens is 4. The second kappa shape index (κ2) is 7.84. The van der Waals surface area contributed by atoms with Crippen LogP contribution < -0.4 is 5.32 Å². The fraction of sp³-hybridized carbons (Fsp3) is 0.435. The topological polar surface area (TPSA) is 55.6 Å². The number of tetrazole rings is 1. The van der Waals surface area contributed by atoms with E-state index >= 15 is 0 Å². The molecule has 0 radical (unpaired) electrons. The van der Waals surface area contributed by atoms with E-state index in [1.165, 1.54) is 29.5 Å². The predicted octanol–water partition coefficient (Wildman–Crippen LogP) is 4.47.